The summed E-state index contributed by atoms with van der Waals surface area (Å²) in [5.74, 6) is 0.280. The van der Waals surface area contributed by atoms with Crippen LogP contribution in [0.4, 0.5) is 0 Å². The normalized spacial score (nSPS) is 9.82. The van der Waals surface area contributed by atoms with Gasteiger partial charge in [-0.2, -0.15) is 0 Å². The van der Waals surface area contributed by atoms with Crippen LogP contribution < -0.4 is 10.1 Å². The molecule has 0 atom stereocenters. The minimum Gasteiger partial charge on any atom is -0.483 e. The lowest BCUT2D eigenvalue weighted by molar-refractivity contribution is -0.122. The van der Waals surface area contributed by atoms with Crippen molar-refractivity contribution < 1.29 is 9.53 Å². The summed E-state index contributed by atoms with van der Waals surface area (Å²) >= 11 is 14.6. The Kier molecular flexibility index (Phi) is 5.82. The Hall–Kier alpha value is -0.710. The van der Waals surface area contributed by atoms with E-state index in [4.69, 9.17) is 27.9 Å². The molecule has 92 valence electrons. The maximum Gasteiger partial charge on any atom is 0.258 e. The summed E-state index contributed by atoms with van der Waals surface area (Å²) in [7, 11) is 0. The summed E-state index contributed by atoms with van der Waals surface area (Å²) in [5.41, 5.74) is 0. The number of halogens is 3. The van der Waals surface area contributed by atoms with E-state index in [0.29, 0.717) is 20.3 Å². The van der Waals surface area contributed by atoms with Gasteiger partial charge >= 0.3 is 0 Å². The lowest BCUT2D eigenvalue weighted by atomic mass is 10.3. The van der Waals surface area contributed by atoms with Crippen molar-refractivity contribution in [3.8, 4) is 5.75 Å². The molecular formula is C11H10BrCl2NO2. The molecule has 0 saturated heterocycles. The Balaban J connectivity index is 2.44. The Morgan fingerprint density at radius 3 is 2.82 bits per heavy atom. The molecule has 0 aromatic heterocycles. The summed E-state index contributed by atoms with van der Waals surface area (Å²) in [6, 6.07) is 5.05. The lowest BCUT2D eigenvalue weighted by Gasteiger charge is -2.08. The standard InChI is InChI=1S/C11H10BrCl2NO2/c1-7(13)5-15-11(16)6-17-10-3-2-8(14)4-9(10)12/h2-4H,1,5-6H2,(H,15,16). The minimum atomic E-state index is -0.270. The molecule has 0 unspecified atom stereocenters. The first-order valence-corrected chi connectivity index (χ1v) is 6.22. The third-order valence-electron chi connectivity index (χ3n) is 1.73. The van der Waals surface area contributed by atoms with Gasteiger partial charge in [-0.1, -0.05) is 29.8 Å². The number of nitrogens with one attached hydrogen (secondary N) is 1. The largest absolute Gasteiger partial charge is 0.483 e. The zero-order valence-corrected chi connectivity index (χ0v) is 11.9. The van der Waals surface area contributed by atoms with Crippen molar-refractivity contribution in [1.82, 2.24) is 5.32 Å². The van der Waals surface area contributed by atoms with Crippen molar-refractivity contribution >= 4 is 45.0 Å². The minimum absolute atomic E-state index is 0.0929. The number of benzene rings is 1. The van der Waals surface area contributed by atoms with Gasteiger partial charge in [-0.3, -0.25) is 4.79 Å². The Morgan fingerprint density at radius 1 is 1.53 bits per heavy atom. The second-order valence-corrected chi connectivity index (χ2v) is 4.98. The molecule has 6 heteroatoms. The van der Waals surface area contributed by atoms with Crippen molar-refractivity contribution in [3.63, 3.8) is 0 Å². The van der Waals surface area contributed by atoms with Crippen LogP contribution in [0.5, 0.6) is 5.75 Å². The van der Waals surface area contributed by atoms with Gasteiger partial charge in [-0.05, 0) is 34.1 Å². The molecule has 1 rings (SSSR count). The second-order valence-electron chi connectivity index (χ2n) is 3.16. The highest BCUT2D eigenvalue weighted by atomic mass is 79.9. The van der Waals surface area contributed by atoms with Crippen molar-refractivity contribution in [2.45, 2.75) is 0 Å². The van der Waals surface area contributed by atoms with Crippen molar-refractivity contribution in [2.75, 3.05) is 13.2 Å². The van der Waals surface area contributed by atoms with Crippen LogP contribution in [0, 0.1) is 0 Å². The van der Waals surface area contributed by atoms with Crippen molar-refractivity contribution in [3.05, 3.63) is 39.3 Å². The average Bonchev–Trinajstić information content (AvgIpc) is 2.25. The van der Waals surface area contributed by atoms with E-state index in [1.54, 1.807) is 18.2 Å². The lowest BCUT2D eigenvalue weighted by Crippen LogP contribution is -2.29. The topological polar surface area (TPSA) is 38.3 Å². The van der Waals surface area contributed by atoms with Gasteiger partial charge in [0.1, 0.15) is 5.75 Å². The molecule has 1 amide bonds. The number of carbonyl (C=O) groups is 1. The van der Waals surface area contributed by atoms with Crippen LogP contribution in [-0.4, -0.2) is 19.1 Å². The van der Waals surface area contributed by atoms with E-state index >= 15 is 0 Å². The number of ether oxygens (including phenoxy) is 1. The molecule has 0 aliphatic carbocycles. The van der Waals surface area contributed by atoms with Crippen LogP contribution >= 0.6 is 39.1 Å². The zero-order valence-electron chi connectivity index (χ0n) is 8.80. The van der Waals surface area contributed by atoms with Crippen LogP contribution in [0.2, 0.25) is 5.02 Å². The SMILES string of the molecule is C=C(Cl)CNC(=O)COc1ccc(Cl)cc1Br. The van der Waals surface area contributed by atoms with Crippen molar-refractivity contribution in [1.29, 1.82) is 0 Å². The van der Waals surface area contributed by atoms with Gasteiger partial charge in [0, 0.05) is 10.1 Å². The molecule has 1 N–H and O–H groups in total. The molecular weight excluding hydrogens is 329 g/mol. The highest BCUT2D eigenvalue weighted by Gasteiger charge is 2.05. The first kappa shape index (κ1) is 14.4. The van der Waals surface area contributed by atoms with E-state index in [9.17, 15) is 4.79 Å². The van der Waals surface area contributed by atoms with E-state index in [2.05, 4.69) is 27.8 Å². The maximum atomic E-state index is 11.3. The maximum absolute atomic E-state index is 11.3. The van der Waals surface area contributed by atoms with Gasteiger partial charge in [0.2, 0.25) is 0 Å². The molecule has 0 aliphatic rings. The molecule has 0 radical (unpaired) electrons. The Morgan fingerprint density at radius 2 is 2.24 bits per heavy atom. The summed E-state index contributed by atoms with van der Waals surface area (Å²) in [4.78, 5) is 11.3. The molecule has 0 saturated carbocycles. The molecule has 17 heavy (non-hydrogen) atoms. The first-order valence-electron chi connectivity index (χ1n) is 4.67. The van der Waals surface area contributed by atoms with Gasteiger partial charge < -0.3 is 10.1 Å². The number of hydrogen-bond donors (Lipinski definition) is 1. The highest BCUT2D eigenvalue weighted by Crippen LogP contribution is 2.27. The van der Waals surface area contributed by atoms with Gasteiger partial charge in [0.15, 0.2) is 6.61 Å². The average molecular weight is 339 g/mol. The fourth-order valence-electron chi connectivity index (χ4n) is 0.981. The fourth-order valence-corrected chi connectivity index (χ4v) is 1.85. The number of amides is 1. The van der Waals surface area contributed by atoms with E-state index in [-0.39, 0.29) is 19.1 Å². The number of hydrogen-bond acceptors (Lipinski definition) is 2. The Bertz CT molecular complexity index is 437. The summed E-state index contributed by atoms with van der Waals surface area (Å²) in [6.07, 6.45) is 0. The zero-order chi connectivity index (χ0) is 12.8. The van der Waals surface area contributed by atoms with Gasteiger partial charge in [-0.25, -0.2) is 0 Å². The highest BCUT2D eigenvalue weighted by molar-refractivity contribution is 9.10. The van der Waals surface area contributed by atoms with E-state index in [1.165, 1.54) is 0 Å². The molecule has 0 heterocycles. The third-order valence-corrected chi connectivity index (χ3v) is 2.72. The van der Waals surface area contributed by atoms with E-state index in [0.717, 1.165) is 0 Å². The molecule has 0 spiro atoms. The number of rotatable bonds is 5. The number of carbonyl (C=O) groups excluding carboxylic acids is 1. The predicted octanol–water partition coefficient (Wildman–Crippen LogP) is 3.35. The fraction of sp³-hybridized carbons (Fsp3) is 0.182. The summed E-state index contributed by atoms with van der Waals surface area (Å²) in [5, 5.41) is 3.50. The first-order chi connectivity index (χ1) is 7.99. The predicted molar refractivity (Wildman–Crippen MR) is 72.6 cm³/mol. The quantitative estimate of drug-likeness (QED) is 0.894. The van der Waals surface area contributed by atoms with Gasteiger partial charge in [-0.15, -0.1) is 0 Å². The van der Waals surface area contributed by atoms with Crippen LogP contribution in [0.3, 0.4) is 0 Å². The molecule has 0 bridgehead atoms. The molecule has 0 fully saturated rings. The molecule has 3 nitrogen and oxygen atoms in total. The van der Waals surface area contributed by atoms with Gasteiger partial charge in [0.25, 0.3) is 5.91 Å². The van der Waals surface area contributed by atoms with Crippen LogP contribution in [0.1, 0.15) is 0 Å². The van der Waals surface area contributed by atoms with E-state index < -0.39 is 0 Å². The van der Waals surface area contributed by atoms with Crippen molar-refractivity contribution in [2.24, 2.45) is 0 Å². The molecule has 1 aromatic carbocycles. The third kappa shape index (κ3) is 5.44. The second kappa shape index (κ2) is 6.89. The van der Waals surface area contributed by atoms with Crippen LogP contribution in [-0.2, 0) is 4.79 Å². The molecule has 0 aliphatic heterocycles. The summed E-state index contributed by atoms with van der Waals surface area (Å²) in [6.45, 7) is 3.59. The van der Waals surface area contributed by atoms with Crippen LogP contribution in [0.25, 0.3) is 0 Å². The summed E-state index contributed by atoms with van der Waals surface area (Å²) < 4.78 is 5.99. The van der Waals surface area contributed by atoms with E-state index in [1.807, 2.05) is 0 Å². The van der Waals surface area contributed by atoms with Crippen LogP contribution in [0.15, 0.2) is 34.3 Å². The monoisotopic (exact) mass is 337 g/mol. The van der Waals surface area contributed by atoms with Gasteiger partial charge in [0.05, 0.1) is 11.0 Å². The smallest absolute Gasteiger partial charge is 0.258 e. The molecule has 1 aromatic rings. The Labute approximate surface area is 118 Å².